The molecule has 0 bridgehead atoms. The molecular weight excluding hydrogens is 324 g/mol. The molecule has 0 fully saturated rings. The number of amides is 1. The maximum atomic E-state index is 11.7. The summed E-state index contributed by atoms with van der Waals surface area (Å²) < 4.78 is 5.73. The zero-order valence-corrected chi connectivity index (χ0v) is 13.6. The third-order valence-corrected chi connectivity index (χ3v) is 3.51. The number of methoxy groups -OCH3 is 1. The van der Waals surface area contributed by atoms with Crippen molar-refractivity contribution in [3.05, 3.63) is 28.2 Å². The molecule has 0 aliphatic carbocycles. The molecule has 20 heavy (non-hydrogen) atoms. The molecule has 0 aromatic heterocycles. The molecular formula is C14H21BrN2O3. The highest BCUT2D eigenvalue weighted by Crippen LogP contribution is 2.28. The van der Waals surface area contributed by atoms with Gasteiger partial charge in [0.25, 0.3) is 0 Å². The normalized spacial score (nSPS) is 12.1. The van der Waals surface area contributed by atoms with Crippen molar-refractivity contribution < 1.29 is 14.6 Å². The lowest BCUT2D eigenvalue weighted by molar-refractivity contribution is -0.119. The van der Waals surface area contributed by atoms with Crippen LogP contribution in [0.1, 0.15) is 18.6 Å². The monoisotopic (exact) mass is 344 g/mol. The summed E-state index contributed by atoms with van der Waals surface area (Å²) in [5.74, 6) is -0.0592. The Kier molecular flexibility index (Phi) is 6.98. The van der Waals surface area contributed by atoms with E-state index < -0.39 is 6.10 Å². The van der Waals surface area contributed by atoms with Gasteiger partial charge in [0.2, 0.25) is 5.91 Å². The fourth-order valence-corrected chi connectivity index (χ4v) is 2.44. The van der Waals surface area contributed by atoms with Gasteiger partial charge in [-0.3, -0.25) is 4.79 Å². The van der Waals surface area contributed by atoms with E-state index >= 15 is 0 Å². The van der Waals surface area contributed by atoms with E-state index in [-0.39, 0.29) is 12.5 Å². The summed E-state index contributed by atoms with van der Waals surface area (Å²) in [5.41, 5.74) is 1.73. The van der Waals surface area contributed by atoms with Gasteiger partial charge >= 0.3 is 0 Å². The Bertz CT molecular complexity index is 452. The van der Waals surface area contributed by atoms with Crippen molar-refractivity contribution in [2.45, 2.75) is 13.0 Å². The van der Waals surface area contributed by atoms with E-state index in [0.29, 0.717) is 13.2 Å². The standard InChI is InChI=1S/C14H21BrN2O3/c1-10(18)11-4-5-13(12(15)8-11)17(2)9-14(19)16-6-7-20-3/h4-5,8,10,18H,6-7,9H2,1-3H3,(H,16,19)/t10-/m1/s1. The Balaban J connectivity index is 2.63. The first kappa shape index (κ1) is 16.9. The van der Waals surface area contributed by atoms with Crippen LogP contribution in [-0.4, -0.2) is 44.9 Å². The molecule has 1 aromatic carbocycles. The number of likely N-dealkylation sites (N-methyl/N-ethyl adjacent to an activating group) is 1. The van der Waals surface area contributed by atoms with Crippen LogP contribution in [0.15, 0.2) is 22.7 Å². The average molecular weight is 345 g/mol. The van der Waals surface area contributed by atoms with Gasteiger partial charge in [0.05, 0.1) is 24.9 Å². The van der Waals surface area contributed by atoms with Crippen molar-refractivity contribution in [1.29, 1.82) is 0 Å². The molecule has 0 saturated carbocycles. The quantitative estimate of drug-likeness (QED) is 0.739. The molecule has 6 heteroatoms. The summed E-state index contributed by atoms with van der Waals surface area (Å²) in [6.07, 6.45) is -0.511. The highest BCUT2D eigenvalue weighted by molar-refractivity contribution is 9.10. The van der Waals surface area contributed by atoms with Crippen LogP contribution in [0.5, 0.6) is 0 Å². The van der Waals surface area contributed by atoms with Gasteiger partial charge in [0, 0.05) is 25.2 Å². The van der Waals surface area contributed by atoms with E-state index in [1.165, 1.54) is 0 Å². The summed E-state index contributed by atoms with van der Waals surface area (Å²) in [6, 6.07) is 5.60. The first-order chi connectivity index (χ1) is 9.45. The fraction of sp³-hybridized carbons (Fsp3) is 0.500. The topological polar surface area (TPSA) is 61.8 Å². The van der Waals surface area contributed by atoms with Crippen LogP contribution in [0.4, 0.5) is 5.69 Å². The van der Waals surface area contributed by atoms with Crippen LogP contribution in [0, 0.1) is 0 Å². The first-order valence-electron chi connectivity index (χ1n) is 6.40. The van der Waals surface area contributed by atoms with Crippen LogP contribution in [0.2, 0.25) is 0 Å². The SMILES string of the molecule is COCCNC(=O)CN(C)c1ccc([C@@H](C)O)cc1Br. The van der Waals surface area contributed by atoms with E-state index in [4.69, 9.17) is 4.74 Å². The zero-order chi connectivity index (χ0) is 15.1. The van der Waals surface area contributed by atoms with E-state index in [1.54, 1.807) is 14.0 Å². The van der Waals surface area contributed by atoms with Crippen molar-refractivity contribution in [3.8, 4) is 0 Å². The number of carbonyl (C=O) groups is 1. The molecule has 0 saturated heterocycles. The third-order valence-electron chi connectivity index (χ3n) is 2.87. The molecule has 0 aliphatic heterocycles. The van der Waals surface area contributed by atoms with Gasteiger partial charge in [-0.2, -0.15) is 0 Å². The largest absolute Gasteiger partial charge is 0.389 e. The van der Waals surface area contributed by atoms with E-state index in [9.17, 15) is 9.90 Å². The average Bonchev–Trinajstić information content (AvgIpc) is 2.38. The second-order valence-electron chi connectivity index (χ2n) is 4.59. The van der Waals surface area contributed by atoms with Crippen molar-refractivity contribution in [3.63, 3.8) is 0 Å². The predicted molar refractivity (Wildman–Crippen MR) is 82.9 cm³/mol. The third kappa shape index (κ3) is 5.11. The predicted octanol–water partition coefficient (Wildman–Crippen LogP) is 1.70. The Morgan fingerprint density at radius 1 is 1.55 bits per heavy atom. The second kappa shape index (κ2) is 8.24. The molecule has 1 atom stereocenters. The Morgan fingerprint density at radius 3 is 2.80 bits per heavy atom. The van der Waals surface area contributed by atoms with Gasteiger partial charge in [0.15, 0.2) is 0 Å². The number of nitrogens with one attached hydrogen (secondary N) is 1. The van der Waals surface area contributed by atoms with Gasteiger partial charge in [-0.05, 0) is 40.5 Å². The van der Waals surface area contributed by atoms with Crippen molar-refractivity contribution in [2.24, 2.45) is 0 Å². The highest BCUT2D eigenvalue weighted by atomic mass is 79.9. The first-order valence-corrected chi connectivity index (χ1v) is 7.19. The summed E-state index contributed by atoms with van der Waals surface area (Å²) in [7, 11) is 3.44. The van der Waals surface area contributed by atoms with E-state index in [1.807, 2.05) is 30.1 Å². The number of hydrogen-bond acceptors (Lipinski definition) is 4. The summed E-state index contributed by atoms with van der Waals surface area (Å²) in [6.45, 7) is 2.98. The number of anilines is 1. The summed E-state index contributed by atoms with van der Waals surface area (Å²) in [5, 5.41) is 12.3. The maximum absolute atomic E-state index is 11.7. The number of rotatable bonds is 7. The van der Waals surface area contributed by atoms with E-state index in [2.05, 4.69) is 21.2 Å². The number of aliphatic hydroxyl groups excluding tert-OH is 1. The molecule has 2 N–H and O–H groups in total. The van der Waals surface area contributed by atoms with Gasteiger partial charge in [-0.15, -0.1) is 0 Å². The van der Waals surface area contributed by atoms with Crippen molar-refractivity contribution in [1.82, 2.24) is 5.32 Å². The van der Waals surface area contributed by atoms with Gasteiger partial charge < -0.3 is 20.1 Å². The zero-order valence-electron chi connectivity index (χ0n) is 12.0. The molecule has 1 rings (SSSR count). The van der Waals surface area contributed by atoms with Gasteiger partial charge in [0.1, 0.15) is 0 Å². The Hall–Kier alpha value is -1.11. The fourth-order valence-electron chi connectivity index (χ4n) is 1.74. The van der Waals surface area contributed by atoms with Crippen LogP contribution in [0.25, 0.3) is 0 Å². The maximum Gasteiger partial charge on any atom is 0.239 e. The van der Waals surface area contributed by atoms with Gasteiger partial charge in [-0.1, -0.05) is 6.07 Å². The molecule has 0 aliphatic rings. The summed E-state index contributed by atoms with van der Waals surface area (Å²) in [4.78, 5) is 13.6. The highest BCUT2D eigenvalue weighted by Gasteiger charge is 2.11. The van der Waals surface area contributed by atoms with Crippen LogP contribution in [-0.2, 0) is 9.53 Å². The molecule has 112 valence electrons. The molecule has 0 unspecified atom stereocenters. The molecule has 1 aromatic rings. The minimum absolute atomic E-state index is 0.0592. The summed E-state index contributed by atoms with van der Waals surface area (Å²) >= 11 is 3.47. The molecule has 0 radical (unpaired) electrons. The van der Waals surface area contributed by atoms with E-state index in [0.717, 1.165) is 15.7 Å². The number of benzene rings is 1. The van der Waals surface area contributed by atoms with Gasteiger partial charge in [-0.25, -0.2) is 0 Å². The molecule has 1 amide bonds. The van der Waals surface area contributed by atoms with Crippen molar-refractivity contribution in [2.75, 3.05) is 38.8 Å². The Morgan fingerprint density at radius 2 is 2.25 bits per heavy atom. The number of ether oxygens (including phenoxy) is 1. The number of carbonyl (C=O) groups excluding carboxylic acids is 1. The minimum atomic E-state index is -0.511. The lowest BCUT2D eigenvalue weighted by Gasteiger charge is -2.21. The number of aliphatic hydroxyl groups is 1. The molecule has 5 nitrogen and oxygen atoms in total. The lowest BCUT2D eigenvalue weighted by Crippen LogP contribution is -2.36. The number of nitrogens with zero attached hydrogens (tertiary/aromatic N) is 1. The second-order valence-corrected chi connectivity index (χ2v) is 5.44. The van der Waals surface area contributed by atoms with Crippen LogP contribution >= 0.6 is 15.9 Å². The Labute approximate surface area is 128 Å². The lowest BCUT2D eigenvalue weighted by atomic mass is 10.1. The smallest absolute Gasteiger partial charge is 0.239 e. The van der Waals surface area contributed by atoms with Crippen molar-refractivity contribution >= 4 is 27.5 Å². The van der Waals surface area contributed by atoms with Crippen LogP contribution in [0.3, 0.4) is 0 Å². The van der Waals surface area contributed by atoms with Crippen LogP contribution < -0.4 is 10.2 Å². The molecule has 0 heterocycles. The number of hydrogen-bond donors (Lipinski definition) is 2. The molecule has 0 spiro atoms. The minimum Gasteiger partial charge on any atom is -0.389 e. The number of halogens is 1.